The largest absolute Gasteiger partial charge is 0.480 e. The van der Waals surface area contributed by atoms with Crippen LogP contribution in [0.3, 0.4) is 0 Å². The van der Waals surface area contributed by atoms with Crippen molar-refractivity contribution in [1.29, 1.82) is 0 Å². The fraction of sp³-hybridized carbons (Fsp3) is 0.375. The van der Waals surface area contributed by atoms with Crippen LogP contribution >= 0.6 is 0 Å². The van der Waals surface area contributed by atoms with Crippen LogP contribution in [0, 0.1) is 12.8 Å². The van der Waals surface area contributed by atoms with Crippen molar-refractivity contribution in [3.63, 3.8) is 0 Å². The van der Waals surface area contributed by atoms with E-state index in [1.807, 2.05) is 45.0 Å². The van der Waals surface area contributed by atoms with Crippen LogP contribution in [0.2, 0.25) is 0 Å². The summed E-state index contributed by atoms with van der Waals surface area (Å²) in [5.74, 6) is -0.304. The molecule has 0 amide bonds. The third-order valence-electron chi connectivity index (χ3n) is 3.29. The van der Waals surface area contributed by atoms with Crippen LogP contribution in [-0.4, -0.2) is 22.1 Å². The van der Waals surface area contributed by atoms with Crippen LogP contribution in [0.1, 0.15) is 25.1 Å². The number of aryl methyl sites for hydroxylation is 1. The summed E-state index contributed by atoms with van der Waals surface area (Å²) in [7, 11) is 0. The standard InChI is InChI=1S/C16H20N2O3/c1-10(2)14(16(19)20)17-8-13-9-21-15(18-13)12-6-4-11(3)5-7-12/h4-7,9-10,14,17H,8H2,1-3H3,(H,19,20). The summed E-state index contributed by atoms with van der Waals surface area (Å²) in [6, 6.07) is 7.30. The van der Waals surface area contributed by atoms with Crippen molar-refractivity contribution in [1.82, 2.24) is 10.3 Å². The third-order valence-corrected chi connectivity index (χ3v) is 3.29. The van der Waals surface area contributed by atoms with Crippen molar-refractivity contribution in [3.05, 3.63) is 41.8 Å². The Hall–Kier alpha value is -2.14. The first-order valence-corrected chi connectivity index (χ1v) is 6.95. The van der Waals surface area contributed by atoms with Gasteiger partial charge in [0.1, 0.15) is 12.3 Å². The van der Waals surface area contributed by atoms with E-state index in [9.17, 15) is 4.79 Å². The zero-order valence-corrected chi connectivity index (χ0v) is 12.5. The van der Waals surface area contributed by atoms with E-state index in [0.29, 0.717) is 18.1 Å². The smallest absolute Gasteiger partial charge is 0.320 e. The maximum atomic E-state index is 11.1. The Morgan fingerprint density at radius 2 is 2.00 bits per heavy atom. The molecule has 0 aliphatic rings. The molecule has 1 unspecified atom stereocenters. The van der Waals surface area contributed by atoms with Gasteiger partial charge in [0.25, 0.3) is 0 Å². The Morgan fingerprint density at radius 3 is 2.57 bits per heavy atom. The van der Waals surface area contributed by atoms with E-state index >= 15 is 0 Å². The number of carboxylic acid groups (broad SMARTS) is 1. The van der Waals surface area contributed by atoms with Gasteiger partial charge in [-0.05, 0) is 25.0 Å². The Labute approximate surface area is 124 Å². The highest BCUT2D eigenvalue weighted by Gasteiger charge is 2.21. The molecular weight excluding hydrogens is 268 g/mol. The summed E-state index contributed by atoms with van der Waals surface area (Å²) in [5, 5.41) is 12.1. The molecule has 0 bridgehead atoms. The van der Waals surface area contributed by atoms with Gasteiger partial charge in [0.15, 0.2) is 0 Å². The average Bonchev–Trinajstić information content (AvgIpc) is 2.87. The topological polar surface area (TPSA) is 75.4 Å². The lowest BCUT2D eigenvalue weighted by molar-refractivity contribution is -0.140. The Kier molecular flexibility index (Phi) is 4.75. The number of benzene rings is 1. The zero-order chi connectivity index (χ0) is 15.4. The summed E-state index contributed by atoms with van der Waals surface area (Å²) in [5.41, 5.74) is 2.77. The van der Waals surface area contributed by atoms with Gasteiger partial charge in [0.05, 0.1) is 5.69 Å². The number of nitrogens with one attached hydrogen (secondary N) is 1. The minimum atomic E-state index is -0.854. The van der Waals surface area contributed by atoms with Gasteiger partial charge in [0, 0.05) is 12.1 Å². The van der Waals surface area contributed by atoms with Gasteiger partial charge in [-0.15, -0.1) is 0 Å². The van der Waals surface area contributed by atoms with E-state index in [-0.39, 0.29) is 5.92 Å². The lowest BCUT2D eigenvalue weighted by Crippen LogP contribution is -2.40. The van der Waals surface area contributed by atoms with Crippen molar-refractivity contribution in [3.8, 4) is 11.5 Å². The fourth-order valence-electron chi connectivity index (χ4n) is 2.04. The molecule has 2 rings (SSSR count). The van der Waals surface area contributed by atoms with Gasteiger partial charge in [-0.25, -0.2) is 4.98 Å². The molecule has 21 heavy (non-hydrogen) atoms. The van der Waals surface area contributed by atoms with Crippen LogP contribution in [0.4, 0.5) is 0 Å². The highest BCUT2D eigenvalue weighted by atomic mass is 16.4. The molecule has 2 N–H and O–H groups in total. The molecule has 112 valence electrons. The first-order chi connectivity index (χ1) is 9.97. The van der Waals surface area contributed by atoms with Crippen LogP contribution in [0.5, 0.6) is 0 Å². The molecular formula is C16H20N2O3. The molecule has 0 fully saturated rings. The fourth-order valence-corrected chi connectivity index (χ4v) is 2.04. The number of hydrogen-bond acceptors (Lipinski definition) is 4. The highest BCUT2D eigenvalue weighted by molar-refractivity contribution is 5.73. The molecule has 0 radical (unpaired) electrons. The molecule has 0 spiro atoms. The summed E-state index contributed by atoms with van der Waals surface area (Å²) < 4.78 is 5.45. The second-order valence-corrected chi connectivity index (χ2v) is 5.45. The lowest BCUT2D eigenvalue weighted by Gasteiger charge is -2.16. The Morgan fingerprint density at radius 1 is 1.33 bits per heavy atom. The van der Waals surface area contributed by atoms with Crippen molar-refractivity contribution in [2.45, 2.75) is 33.4 Å². The first kappa shape index (κ1) is 15.3. The van der Waals surface area contributed by atoms with Crippen molar-refractivity contribution < 1.29 is 14.3 Å². The molecule has 1 heterocycles. The molecule has 0 saturated carbocycles. The molecule has 1 aromatic heterocycles. The van der Waals surface area contributed by atoms with Gasteiger partial charge >= 0.3 is 5.97 Å². The van der Waals surface area contributed by atoms with E-state index in [2.05, 4.69) is 10.3 Å². The first-order valence-electron chi connectivity index (χ1n) is 6.95. The number of rotatable bonds is 6. The minimum Gasteiger partial charge on any atom is -0.480 e. The van der Waals surface area contributed by atoms with E-state index in [1.54, 1.807) is 6.26 Å². The van der Waals surface area contributed by atoms with E-state index in [0.717, 1.165) is 5.56 Å². The molecule has 5 nitrogen and oxygen atoms in total. The normalized spacial score (nSPS) is 12.6. The van der Waals surface area contributed by atoms with Crippen LogP contribution in [-0.2, 0) is 11.3 Å². The summed E-state index contributed by atoms with van der Waals surface area (Å²) in [6.45, 7) is 6.12. The van der Waals surface area contributed by atoms with Crippen molar-refractivity contribution in [2.75, 3.05) is 0 Å². The molecule has 0 saturated heterocycles. The zero-order valence-electron chi connectivity index (χ0n) is 12.5. The predicted molar refractivity (Wildman–Crippen MR) is 79.8 cm³/mol. The van der Waals surface area contributed by atoms with Crippen molar-refractivity contribution >= 4 is 5.97 Å². The van der Waals surface area contributed by atoms with Gasteiger partial charge in [-0.2, -0.15) is 0 Å². The molecule has 0 aliphatic carbocycles. The quantitative estimate of drug-likeness (QED) is 0.855. The van der Waals surface area contributed by atoms with E-state index in [1.165, 1.54) is 5.56 Å². The number of oxazole rings is 1. The Bertz CT molecular complexity index is 602. The van der Waals surface area contributed by atoms with E-state index < -0.39 is 12.0 Å². The summed E-state index contributed by atoms with van der Waals surface area (Å²) >= 11 is 0. The van der Waals surface area contributed by atoms with Crippen LogP contribution in [0.15, 0.2) is 34.9 Å². The SMILES string of the molecule is Cc1ccc(-c2nc(CNC(C(=O)O)C(C)C)co2)cc1. The van der Waals surface area contributed by atoms with E-state index in [4.69, 9.17) is 9.52 Å². The van der Waals surface area contributed by atoms with Crippen LogP contribution in [0.25, 0.3) is 11.5 Å². The second kappa shape index (κ2) is 6.54. The number of hydrogen-bond donors (Lipinski definition) is 2. The summed E-state index contributed by atoms with van der Waals surface area (Å²) in [6.07, 6.45) is 1.56. The third kappa shape index (κ3) is 3.92. The minimum absolute atomic E-state index is 0.00553. The molecule has 0 aliphatic heterocycles. The predicted octanol–water partition coefficient (Wildman–Crippen LogP) is 2.85. The number of nitrogens with zero attached hydrogens (tertiary/aromatic N) is 1. The molecule has 1 aromatic carbocycles. The van der Waals surface area contributed by atoms with Gasteiger partial charge in [0.2, 0.25) is 5.89 Å². The monoisotopic (exact) mass is 288 g/mol. The highest BCUT2D eigenvalue weighted by Crippen LogP contribution is 2.19. The van der Waals surface area contributed by atoms with Crippen molar-refractivity contribution in [2.24, 2.45) is 5.92 Å². The maximum absolute atomic E-state index is 11.1. The average molecular weight is 288 g/mol. The molecule has 2 aromatic rings. The van der Waals surface area contributed by atoms with Gasteiger partial charge < -0.3 is 9.52 Å². The summed E-state index contributed by atoms with van der Waals surface area (Å²) in [4.78, 5) is 15.5. The van der Waals surface area contributed by atoms with Gasteiger partial charge in [-0.1, -0.05) is 31.5 Å². The number of carboxylic acids is 1. The number of aromatic nitrogens is 1. The number of aliphatic carboxylic acids is 1. The molecule has 5 heteroatoms. The maximum Gasteiger partial charge on any atom is 0.320 e. The second-order valence-electron chi connectivity index (χ2n) is 5.45. The number of carbonyl (C=O) groups is 1. The van der Waals surface area contributed by atoms with Crippen LogP contribution < -0.4 is 5.32 Å². The lowest BCUT2D eigenvalue weighted by atomic mass is 10.1. The Balaban J connectivity index is 2.03. The van der Waals surface area contributed by atoms with Gasteiger partial charge in [-0.3, -0.25) is 10.1 Å². The molecule has 1 atom stereocenters.